The van der Waals surface area contributed by atoms with Crippen LogP contribution in [0.1, 0.15) is 44.9 Å². The predicted molar refractivity (Wildman–Crippen MR) is 68.9 cm³/mol. The smallest absolute Gasteiger partial charge is 0.317 e. The van der Waals surface area contributed by atoms with Crippen LogP contribution in [0.2, 0.25) is 0 Å². The zero-order valence-electron chi connectivity index (χ0n) is 10.9. The number of hydrogen-bond donors (Lipinski definition) is 2. The SMILES string of the molecule is NC(=O)CCNC(=O)N1CCCC2CCCCC21. The van der Waals surface area contributed by atoms with Gasteiger partial charge in [-0.15, -0.1) is 0 Å². The highest BCUT2D eigenvalue weighted by atomic mass is 16.2. The van der Waals surface area contributed by atoms with E-state index < -0.39 is 0 Å². The molecule has 5 nitrogen and oxygen atoms in total. The summed E-state index contributed by atoms with van der Waals surface area (Å²) < 4.78 is 0. The molecule has 2 rings (SSSR count). The summed E-state index contributed by atoms with van der Waals surface area (Å²) in [6.07, 6.45) is 7.50. The predicted octanol–water partition coefficient (Wildman–Crippen LogP) is 1.23. The van der Waals surface area contributed by atoms with Crippen molar-refractivity contribution < 1.29 is 9.59 Å². The van der Waals surface area contributed by atoms with Gasteiger partial charge in [-0.2, -0.15) is 0 Å². The molecule has 2 unspecified atom stereocenters. The molecular weight excluding hydrogens is 230 g/mol. The maximum atomic E-state index is 12.1. The molecule has 1 aliphatic heterocycles. The van der Waals surface area contributed by atoms with Crippen molar-refractivity contribution in [3.05, 3.63) is 0 Å². The molecule has 1 heterocycles. The van der Waals surface area contributed by atoms with Gasteiger partial charge in [0.25, 0.3) is 0 Å². The van der Waals surface area contributed by atoms with Crippen molar-refractivity contribution in [2.45, 2.75) is 51.0 Å². The molecule has 0 bridgehead atoms. The maximum absolute atomic E-state index is 12.1. The Morgan fingerprint density at radius 3 is 2.67 bits per heavy atom. The Labute approximate surface area is 108 Å². The zero-order chi connectivity index (χ0) is 13.0. The van der Waals surface area contributed by atoms with Crippen molar-refractivity contribution in [2.75, 3.05) is 13.1 Å². The van der Waals surface area contributed by atoms with Gasteiger partial charge in [0, 0.05) is 25.6 Å². The molecule has 3 amide bonds. The van der Waals surface area contributed by atoms with E-state index in [1.54, 1.807) is 0 Å². The van der Waals surface area contributed by atoms with Gasteiger partial charge in [-0.1, -0.05) is 12.8 Å². The molecule has 0 aromatic rings. The highest BCUT2D eigenvalue weighted by molar-refractivity contribution is 5.77. The van der Waals surface area contributed by atoms with E-state index in [-0.39, 0.29) is 18.4 Å². The summed E-state index contributed by atoms with van der Waals surface area (Å²) in [7, 11) is 0. The first-order valence-corrected chi connectivity index (χ1v) is 7.01. The fraction of sp³-hybridized carbons (Fsp3) is 0.846. The van der Waals surface area contributed by atoms with Gasteiger partial charge in [0.05, 0.1) is 0 Å². The van der Waals surface area contributed by atoms with Crippen molar-refractivity contribution in [3.8, 4) is 0 Å². The lowest BCUT2D eigenvalue weighted by Gasteiger charge is -2.44. The Bertz CT molecular complexity index is 317. The van der Waals surface area contributed by atoms with Gasteiger partial charge < -0.3 is 16.0 Å². The largest absolute Gasteiger partial charge is 0.370 e. The Kier molecular flexibility index (Phi) is 4.44. The highest BCUT2D eigenvalue weighted by Crippen LogP contribution is 2.35. The fourth-order valence-electron chi connectivity index (χ4n) is 3.27. The number of carbonyl (C=O) groups excluding carboxylic acids is 2. The lowest BCUT2D eigenvalue weighted by Crippen LogP contribution is -2.53. The van der Waals surface area contributed by atoms with E-state index in [1.807, 2.05) is 4.90 Å². The molecule has 2 atom stereocenters. The number of likely N-dealkylation sites (tertiary alicyclic amines) is 1. The number of nitrogens with zero attached hydrogens (tertiary/aromatic N) is 1. The van der Waals surface area contributed by atoms with Gasteiger partial charge in [-0.3, -0.25) is 4.79 Å². The molecule has 1 saturated carbocycles. The first kappa shape index (κ1) is 13.2. The van der Waals surface area contributed by atoms with Crippen molar-refractivity contribution in [2.24, 2.45) is 11.7 Å². The number of amides is 3. The second-order valence-corrected chi connectivity index (χ2v) is 5.40. The van der Waals surface area contributed by atoms with Crippen LogP contribution in [0.4, 0.5) is 4.79 Å². The molecule has 5 heteroatoms. The van der Waals surface area contributed by atoms with E-state index in [2.05, 4.69) is 5.32 Å². The average molecular weight is 253 g/mol. The molecule has 0 radical (unpaired) electrons. The van der Waals surface area contributed by atoms with Gasteiger partial charge >= 0.3 is 6.03 Å². The molecule has 2 fully saturated rings. The third kappa shape index (κ3) is 3.15. The number of hydrogen-bond acceptors (Lipinski definition) is 2. The number of piperidine rings is 1. The van der Waals surface area contributed by atoms with E-state index in [0.29, 0.717) is 18.5 Å². The van der Waals surface area contributed by atoms with E-state index in [9.17, 15) is 9.59 Å². The summed E-state index contributed by atoms with van der Waals surface area (Å²) >= 11 is 0. The van der Waals surface area contributed by atoms with E-state index >= 15 is 0 Å². The second kappa shape index (κ2) is 6.07. The fourth-order valence-corrected chi connectivity index (χ4v) is 3.27. The Balaban J connectivity index is 1.85. The van der Waals surface area contributed by atoms with Crippen LogP contribution in [0.5, 0.6) is 0 Å². The summed E-state index contributed by atoms with van der Waals surface area (Å²) in [6.45, 7) is 1.20. The van der Waals surface area contributed by atoms with Gasteiger partial charge in [0.2, 0.25) is 5.91 Å². The Morgan fingerprint density at radius 1 is 1.17 bits per heavy atom. The summed E-state index contributed by atoms with van der Waals surface area (Å²) in [4.78, 5) is 24.7. The van der Waals surface area contributed by atoms with Gasteiger partial charge in [0.15, 0.2) is 0 Å². The summed E-state index contributed by atoms with van der Waals surface area (Å²) in [6, 6.07) is 0.397. The quantitative estimate of drug-likeness (QED) is 0.793. The number of nitrogens with one attached hydrogen (secondary N) is 1. The number of urea groups is 1. The topological polar surface area (TPSA) is 75.4 Å². The van der Waals surface area contributed by atoms with Crippen molar-refractivity contribution in [1.82, 2.24) is 10.2 Å². The van der Waals surface area contributed by atoms with Crippen LogP contribution in [-0.2, 0) is 4.79 Å². The Morgan fingerprint density at radius 2 is 1.89 bits per heavy atom. The number of fused-ring (bicyclic) bond motifs is 1. The first-order chi connectivity index (χ1) is 8.68. The minimum absolute atomic E-state index is 0.0205. The van der Waals surface area contributed by atoms with E-state index in [1.165, 1.54) is 25.7 Å². The van der Waals surface area contributed by atoms with Crippen LogP contribution in [0.3, 0.4) is 0 Å². The summed E-state index contributed by atoms with van der Waals surface area (Å²) in [5.74, 6) is 0.318. The zero-order valence-corrected chi connectivity index (χ0v) is 10.9. The average Bonchev–Trinajstić information content (AvgIpc) is 2.37. The van der Waals surface area contributed by atoms with E-state index in [0.717, 1.165) is 19.4 Å². The van der Waals surface area contributed by atoms with Crippen molar-refractivity contribution >= 4 is 11.9 Å². The molecule has 1 aliphatic carbocycles. The summed E-state index contributed by atoms with van der Waals surface area (Å²) in [5, 5.41) is 2.80. The lowest BCUT2D eigenvalue weighted by molar-refractivity contribution is -0.117. The van der Waals surface area contributed by atoms with E-state index in [4.69, 9.17) is 5.73 Å². The number of primary amides is 1. The minimum Gasteiger partial charge on any atom is -0.370 e. The Hall–Kier alpha value is -1.26. The molecule has 0 aromatic heterocycles. The normalized spacial score (nSPS) is 27.4. The van der Waals surface area contributed by atoms with Gasteiger partial charge in [-0.05, 0) is 31.6 Å². The van der Waals surface area contributed by atoms with Gasteiger partial charge in [-0.25, -0.2) is 4.79 Å². The van der Waals surface area contributed by atoms with Crippen LogP contribution in [-0.4, -0.2) is 36.0 Å². The molecular formula is C13H23N3O2. The van der Waals surface area contributed by atoms with Crippen LogP contribution in [0.15, 0.2) is 0 Å². The van der Waals surface area contributed by atoms with Gasteiger partial charge in [0.1, 0.15) is 0 Å². The maximum Gasteiger partial charge on any atom is 0.317 e. The molecule has 1 saturated heterocycles. The second-order valence-electron chi connectivity index (χ2n) is 5.40. The number of rotatable bonds is 3. The molecule has 102 valence electrons. The molecule has 0 spiro atoms. The third-order valence-electron chi connectivity index (χ3n) is 4.15. The molecule has 2 aliphatic rings. The van der Waals surface area contributed by atoms with Crippen molar-refractivity contribution in [1.29, 1.82) is 0 Å². The molecule has 0 aromatic carbocycles. The van der Waals surface area contributed by atoms with Crippen molar-refractivity contribution in [3.63, 3.8) is 0 Å². The van der Waals surface area contributed by atoms with Crippen LogP contribution >= 0.6 is 0 Å². The summed E-state index contributed by atoms with van der Waals surface area (Å²) in [5.41, 5.74) is 5.06. The van der Waals surface area contributed by atoms with Crippen LogP contribution < -0.4 is 11.1 Å². The first-order valence-electron chi connectivity index (χ1n) is 7.01. The highest BCUT2D eigenvalue weighted by Gasteiger charge is 2.35. The van der Waals surface area contributed by atoms with Crippen LogP contribution in [0.25, 0.3) is 0 Å². The third-order valence-corrected chi connectivity index (χ3v) is 4.15. The minimum atomic E-state index is -0.371. The standard InChI is InChI=1S/C13H23N3O2/c14-12(17)7-8-15-13(18)16-9-3-5-10-4-1-2-6-11(10)16/h10-11H,1-9H2,(H2,14,17)(H,15,18). The lowest BCUT2D eigenvalue weighted by atomic mass is 9.78. The number of carbonyl (C=O) groups is 2. The molecule has 18 heavy (non-hydrogen) atoms. The number of nitrogens with two attached hydrogens (primary N) is 1. The molecule has 3 N–H and O–H groups in total. The monoisotopic (exact) mass is 253 g/mol. The van der Waals surface area contributed by atoms with Crippen LogP contribution in [0, 0.1) is 5.92 Å².